The minimum absolute atomic E-state index is 0.208. The molecule has 2 aliphatic rings. The minimum atomic E-state index is -1.08. The first-order valence-electron chi connectivity index (χ1n) is 9.48. The van der Waals surface area contributed by atoms with Gasteiger partial charge in [0.25, 0.3) is 0 Å². The van der Waals surface area contributed by atoms with E-state index in [2.05, 4.69) is 30.5 Å². The van der Waals surface area contributed by atoms with Crippen LogP contribution in [-0.2, 0) is 0 Å². The van der Waals surface area contributed by atoms with Gasteiger partial charge in [-0.15, -0.1) is 0 Å². The average molecular weight is 412 g/mol. The second-order valence-corrected chi connectivity index (χ2v) is 8.68. The van der Waals surface area contributed by atoms with E-state index in [9.17, 15) is 4.39 Å². The van der Waals surface area contributed by atoms with Crippen LogP contribution in [0.1, 0.15) is 18.5 Å². The molecule has 1 aliphatic carbocycles. The Hall–Kier alpha value is -2.88. The van der Waals surface area contributed by atoms with Gasteiger partial charge >= 0.3 is 0 Å². The van der Waals surface area contributed by atoms with Crippen molar-refractivity contribution in [3.05, 3.63) is 36.2 Å². The van der Waals surface area contributed by atoms with Gasteiger partial charge in [-0.2, -0.15) is 5.10 Å². The summed E-state index contributed by atoms with van der Waals surface area (Å²) < 4.78 is 14.8. The van der Waals surface area contributed by atoms with Crippen molar-refractivity contribution < 1.29 is 4.39 Å². The Morgan fingerprint density at radius 2 is 2.07 bits per heavy atom. The molecule has 0 atom stereocenters. The molecule has 4 heterocycles. The molecule has 150 valence electrons. The van der Waals surface area contributed by atoms with Crippen molar-refractivity contribution >= 4 is 35.0 Å². The van der Waals surface area contributed by atoms with Crippen LogP contribution < -0.4 is 16.0 Å². The molecule has 0 amide bonds. The summed E-state index contributed by atoms with van der Waals surface area (Å²) in [7, 11) is 0. The van der Waals surface area contributed by atoms with Crippen LogP contribution in [0, 0.1) is 12.8 Å². The summed E-state index contributed by atoms with van der Waals surface area (Å²) in [6, 6.07) is 7.33. The number of nitrogen functional groups attached to an aromatic ring is 1. The fourth-order valence-corrected chi connectivity index (χ4v) is 4.20. The molecule has 1 saturated heterocycles. The molecule has 8 nitrogen and oxygen atoms in total. The molecule has 0 unspecified atom stereocenters. The number of nitrogens with zero attached hydrogens (tertiary/aromatic N) is 5. The zero-order valence-corrected chi connectivity index (χ0v) is 16.7. The van der Waals surface area contributed by atoms with Gasteiger partial charge in [0.15, 0.2) is 11.0 Å². The summed E-state index contributed by atoms with van der Waals surface area (Å²) in [4.78, 5) is 16.2. The van der Waals surface area contributed by atoms with E-state index in [0.29, 0.717) is 41.5 Å². The Kier molecular flexibility index (Phi) is 4.30. The number of rotatable bonds is 6. The van der Waals surface area contributed by atoms with Gasteiger partial charge in [0.2, 0.25) is 0 Å². The lowest BCUT2D eigenvalue weighted by Gasteiger charge is -2.45. The Balaban J connectivity index is 1.41. The van der Waals surface area contributed by atoms with Crippen molar-refractivity contribution in [1.82, 2.24) is 25.1 Å². The summed E-state index contributed by atoms with van der Waals surface area (Å²) in [5.74, 6) is 2.64. The number of H-pyrrole nitrogens is 1. The van der Waals surface area contributed by atoms with E-state index in [0.717, 1.165) is 23.4 Å². The molecule has 2 fully saturated rings. The summed E-state index contributed by atoms with van der Waals surface area (Å²) in [6.07, 6.45) is 3.67. The van der Waals surface area contributed by atoms with Crippen molar-refractivity contribution in [2.24, 2.45) is 5.92 Å². The van der Waals surface area contributed by atoms with Crippen LogP contribution >= 0.6 is 11.8 Å². The highest BCUT2D eigenvalue weighted by Gasteiger charge is 2.54. The number of hydrogen-bond acceptors (Lipinski definition) is 8. The smallest absolute Gasteiger partial charge is 0.196 e. The fourth-order valence-electron chi connectivity index (χ4n) is 3.46. The number of halogens is 1. The summed E-state index contributed by atoms with van der Waals surface area (Å²) in [5.41, 5.74) is 5.53. The molecule has 3 aromatic heterocycles. The summed E-state index contributed by atoms with van der Waals surface area (Å²) in [6.45, 7) is 2.68. The normalized spacial score (nSPS) is 17.8. The number of pyridine rings is 1. The largest absolute Gasteiger partial charge is 0.384 e. The summed E-state index contributed by atoms with van der Waals surface area (Å²) in [5, 5.41) is 10.8. The molecule has 29 heavy (non-hydrogen) atoms. The maximum atomic E-state index is 14.8. The van der Waals surface area contributed by atoms with Gasteiger partial charge in [-0.3, -0.25) is 5.10 Å². The second kappa shape index (κ2) is 6.87. The zero-order chi connectivity index (χ0) is 20.0. The number of nitrogens with one attached hydrogen (secondary N) is 2. The van der Waals surface area contributed by atoms with Crippen LogP contribution in [-0.4, -0.2) is 43.9 Å². The SMILES string of the molecule is Cc1cc(Nc2cc(N3CC(F)(C4CC4)C3)nc(Sc3ccc(N)nc3)n2)n[nH]1. The van der Waals surface area contributed by atoms with E-state index in [1.54, 1.807) is 12.3 Å². The molecule has 3 aromatic rings. The third kappa shape index (κ3) is 3.84. The summed E-state index contributed by atoms with van der Waals surface area (Å²) >= 11 is 1.38. The van der Waals surface area contributed by atoms with Crippen molar-refractivity contribution in [3.8, 4) is 0 Å². The lowest BCUT2D eigenvalue weighted by molar-refractivity contribution is 0.0924. The van der Waals surface area contributed by atoms with Crippen molar-refractivity contribution in [3.63, 3.8) is 0 Å². The number of hydrogen-bond donors (Lipinski definition) is 3. The highest BCUT2D eigenvalue weighted by molar-refractivity contribution is 7.99. The monoisotopic (exact) mass is 412 g/mol. The van der Waals surface area contributed by atoms with Gasteiger partial charge in [-0.1, -0.05) is 0 Å². The maximum absolute atomic E-state index is 14.8. The van der Waals surface area contributed by atoms with E-state index in [-0.39, 0.29) is 5.92 Å². The van der Waals surface area contributed by atoms with Crippen LogP contribution in [0.4, 0.5) is 27.7 Å². The van der Waals surface area contributed by atoms with Crippen LogP contribution in [0.15, 0.2) is 40.5 Å². The van der Waals surface area contributed by atoms with Gasteiger partial charge in [-0.25, -0.2) is 19.3 Å². The first kappa shape index (κ1) is 18.2. The number of aryl methyl sites for hydroxylation is 1. The molecule has 0 radical (unpaired) electrons. The number of anilines is 4. The Morgan fingerprint density at radius 1 is 1.24 bits per heavy atom. The predicted octanol–water partition coefficient (Wildman–Crippen LogP) is 3.32. The van der Waals surface area contributed by atoms with Crippen molar-refractivity contribution in [2.75, 3.05) is 29.0 Å². The molecule has 0 bridgehead atoms. The van der Waals surface area contributed by atoms with Gasteiger partial charge in [0.1, 0.15) is 23.1 Å². The first-order valence-corrected chi connectivity index (χ1v) is 10.3. The average Bonchev–Trinajstić information content (AvgIpc) is 3.44. The molecule has 0 spiro atoms. The van der Waals surface area contributed by atoms with Gasteiger partial charge in [0, 0.05) is 28.9 Å². The lowest BCUT2D eigenvalue weighted by atomic mass is 9.91. The molecule has 4 N–H and O–H groups in total. The molecular weight excluding hydrogens is 391 g/mol. The molecule has 1 aliphatic heterocycles. The molecular formula is C19H21FN8S. The fraction of sp³-hybridized carbons (Fsp3) is 0.368. The van der Waals surface area contributed by atoms with Crippen LogP contribution in [0.3, 0.4) is 0 Å². The second-order valence-electron chi connectivity index (χ2n) is 7.64. The van der Waals surface area contributed by atoms with E-state index >= 15 is 0 Å². The third-order valence-electron chi connectivity index (χ3n) is 5.16. The van der Waals surface area contributed by atoms with Gasteiger partial charge in [0.05, 0.1) is 13.1 Å². The Morgan fingerprint density at radius 3 is 2.72 bits per heavy atom. The standard InChI is InChI=1S/C19H21FN8S/c1-11-6-16(27-26-11)23-15-7-17(28-9-19(20,10-28)12-2-3-12)25-18(24-15)29-13-4-5-14(21)22-8-13/h4-8,12H,2-3,9-10H2,1H3,(H2,21,22)(H2,23,24,25,26,27). The number of aromatic nitrogens is 5. The first-order chi connectivity index (χ1) is 14.0. The molecule has 0 aromatic carbocycles. The predicted molar refractivity (Wildman–Crippen MR) is 110 cm³/mol. The van der Waals surface area contributed by atoms with E-state index in [1.807, 2.05) is 30.0 Å². The van der Waals surface area contributed by atoms with Crippen LogP contribution in [0.5, 0.6) is 0 Å². The lowest BCUT2D eigenvalue weighted by Crippen LogP contribution is -2.60. The maximum Gasteiger partial charge on any atom is 0.196 e. The zero-order valence-electron chi connectivity index (χ0n) is 15.9. The van der Waals surface area contributed by atoms with E-state index < -0.39 is 5.67 Å². The van der Waals surface area contributed by atoms with Crippen LogP contribution in [0.2, 0.25) is 0 Å². The Bertz CT molecular complexity index is 1030. The number of alkyl halides is 1. The minimum Gasteiger partial charge on any atom is -0.384 e. The third-order valence-corrected chi connectivity index (χ3v) is 6.01. The Labute approximate surface area is 171 Å². The van der Waals surface area contributed by atoms with Gasteiger partial charge in [-0.05, 0) is 49.6 Å². The highest BCUT2D eigenvalue weighted by Crippen LogP contribution is 2.48. The number of aromatic amines is 1. The van der Waals surface area contributed by atoms with Crippen LogP contribution in [0.25, 0.3) is 0 Å². The molecule has 10 heteroatoms. The van der Waals surface area contributed by atoms with Crippen molar-refractivity contribution in [1.29, 1.82) is 0 Å². The molecule has 5 rings (SSSR count). The van der Waals surface area contributed by atoms with Gasteiger partial charge < -0.3 is 16.0 Å². The van der Waals surface area contributed by atoms with E-state index in [1.165, 1.54) is 11.8 Å². The number of nitrogens with two attached hydrogens (primary N) is 1. The van der Waals surface area contributed by atoms with Crippen molar-refractivity contribution in [2.45, 2.75) is 35.5 Å². The topological polar surface area (TPSA) is 109 Å². The quantitative estimate of drug-likeness (QED) is 0.529. The molecule has 1 saturated carbocycles. The highest BCUT2D eigenvalue weighted by atomic mass is 32.2. The van der Waals surface area contributed by atoms with E-state index in [4.69, 9.17) is 5.73 Å².